The lowest BCUT2D eigenvalue weighted by Crippen LogP contribution is -2.17. The van der Waals surface area contributed by atoms with E-state index < -0.39 is 25.7 Å². The summed E-state index contributed by atoms with van der Waals surface area (Å²) in [5.74, 6) is -0.868. The zero-order valence-electron chi connectivity index (χ0n) is 20.2. The highest BCUT2D eigenvalue weighted by Gasteiger charge is 2.28. The van der Waals surface area contributed by atoms with Crippen LogP contribution < -0.4 is 4.18 Å². The normalized spacial score (nSPS) is 12.0. The summed E-state index contributed by atoms with van der Waals surface area (Å²) in [6.45, 7) is 11.1. The van der Waals surface area contributed by atoms with Crippen LogP contribution in [0.4, 0.5) is 0 Å². The molecule has 0 spiro atoms. The fourth-order valence-electron chi connectivity index (χ4n) is 3.37. The molecule has 2 aromatic rings. The molecule has 0 amide bonds. The van der Waals surface area contributed by atoms with Gasteiger partial charge >= 0.3 is 10.1 Å². The van der Waals surface area contributed by atoms with Gasteiger partial charge in [0.1, 0.15) is 5.56 Å². The summed E-state index contributed by atoms with van der Waals surface area (Å²) in [4.78, 5) is 13.7. The third kappa shape index (κ3) is 5.92. The van der Waals surface area contributed by atoms with E-state index in [1.54, 1.807) is 6.92 Å². The molecule has 0 saturated heterocycles. The van der Waals surface area contributed by atoms with Crippen molar-refractivity contribution in [3.63, 3.8) is 0 Å². The maximum Gasteiger partial charge on any atom is 0.310 e. The molecule has 2 rings (SSSR count). The first kappa shape index (κ1) is 26.8. The molecule has 0 N–H and O–H groups in total. The third-order valence-corrected chi connectivity index (χ3v) is 7.77. The fourth-order valence-corrected chi connectivity index (χ4v) is 4.89. The minimum Gasteiger partial charge on any atom is -0.361 e. The molecular formula is C23H32N2O6S2. The number of carbonyl (C=O) groups excluding carboxylic acids is 1. The summed E-state index contributed by atoms with van der Waals surface area (Å²) in [5, 5.41) is 4.19. The molecule has 8 nitrogen and oxygen atoms in total. The molecule has 0 fully saturated rings. The molecule has 0 aliphatic heterocycles. The minimum atomic E-state index is -3.90. The van der Waals surface area contributed by atoms with E-state index in [0.717, 1.165) is 30.2 Å². The van der Waals surface area contributed by atoms with Gasteiger partial charge in [0.15, 0.2) is 15.6 Å². The predicted octanol–water partition coefficient (Wildman–Crippen LogP) is 4.17. The highest BCUT2D eigenvalue weighted by atomic mass is 32.2. The van der Waals surface area contributed by atoms with Gasteiger partial charge in [-0.15, -0.1) is 0 Å². The van der Waals surface area contributed by atoms with Crippen molar-refractivity contribution in [1.29, 1.82) is 0 Å². The van der Waals surface area contributed by atoms with Crippen molar-refractivity contribution in [1.82, 2.24) is 9.78 Å². The molecule has 0 unspecified atom stereocenters. The molecule has 33 heavy (non-hydrogen) atoms. The van der Waals surface area contributed by atoms with Crippen LogP contribution in [0.2, 0.25) is 0 Å². The Balaban J connectivity index is 2.75. The molecule has 0 atom stereocenters. The Morgan fingerprint density at radius 3 is 2.21 bits per heavy atom. The lowest BCUT2D eigenvalue weighted by molar-refractivity contribution is 0.103. The zero-order chi connectivity index (χ0) is 25.1. The largest absolute Gasteiger partial charge is 0.361 e. The van der Waals surface area contributed by atoms with Crippen molar-refractivity contribution in [2.45, 2.75) is 65.8 Å². The van der Waals surface area contributed by atoms with Gasteiger partial charge in [-0.2, -0.15) is 13.5 Å². The second-order valence-electron chi connectivity index (χ2n) is 8.21. The highest BCUT2D eigenvalue weighted by molar-refractivity contribution is 7.90. The van der Waals surface area contributed by atoms with E-state index >= 15 is 0 Å². The van der Waals surface area contributed by atoms with Crippen molar-refractivity contribution >= 4 is 31.3 Å². The van der Waals surface area contributed by atoms with Crippen LogP contribution >= 0.6 is 0 Å². The van der Waals surface area contributed by atoms with E-state index in [4.69, 9.17) is 4.18 Å². The Morgan fingerprint density at radius 1 is 1.06 bits per heavy atom. The number of aryl methyl sites for hydroxylation is 1. The van der Waals surface area contributed by atoms with Crippen molar-refractivity contribution < 1.29 is 25.8 Å². The number of carbonyl (C=O) groups is 1. The number of hydrogen-bond donors (Lipinski definition) is 0. The summed E-state index contributed by atoms with van der Waals surface area (Å²) in [6.07, 6.45) is 4.00. The summed E-state index contributed by atoms with van der Waals surface area (Å²) in [5.41, 5.74) is 2.91. The smallest absolute Gasteiger partial charge is 0.310 e. The van der Waals surface area contributed by atoms with Gasteiger partial charge in [0.2, 0.25) is 5.88 Å². The van der Waals surface area contributed by atoms with E-state index in [2.05, 4.69) is 5.10 Å². The monoisotopic (exact) mass is 496 g/mol. The van der Waals surface area contributed by atoms with Gasteiger partial charge in [-0.05, 0) is 69.9 Å². The number of sulfone groups is 1. The fraction of sp³-hybridized carbons (Fsp3) is 0.478. The first-order chi connectivity index (χ1) is 15.2. The molecule has 0 radical (unpaired) electrons. The van der Waals surface area contributed by atoms with Gasteiger partial charge < -0.3 is 4.18 Å². The van der Waals surface area contributed by atoms with Crippen LogP contribution in [0.3, 0.4) is 0 Å². The standard InChI is InChI=1S/C23H32N2O6S2/c1-8-10-13-25-23(31-33(29,30)9-2)19(14-24-25)22(26)18-11-12-20(32(7,27)28)21(17(18)6)16(5)15(3)4/h11-12,14H,8-10,13H2,1-7H3. The van der Waals surface area contributed by atoms with Gasteiger partial charge in [0, 0.05) is 18.4 Å². The van der Waals surface area contributed by atoms with Crippen molar-refractivity contribution in [2.75, 3.05) is 12.0 Å². The Bertz CT molecular complexity index is 1300. The third-order valence-electron chi connectivity index (χ3n) is 5.51. The predicted molar refractivity (Wildman–Crippen MR) is 129 cm³/mol. The van der Waals surface area contributed by atoms with Crippen molar-refractivity contribution in [3.05, 3.63) is 46.2 Å². The lowest BCUT2D eigenvalue weighted by Gasteiger charge is -2.17. The Labute approximate surface area is 196 Å². The summed E-state index contributed by atoms with van der Waals surface area (Å²) in [7, 11) is -7.45. The Hall–Kier alpha value is -2.46. The average Bonchev–Trinajstić information content (AvgIpc) is 3.11. The van der Waals surface area contributed by atoms with Crippen LogP contribution in [-0.4, -0.2) is 44.4 Å². The number of ketones is 1. The topological polar surface area (TPSA) is 112 Å². The lowest BCUT2D eigenvalue weighted by atomic mass is 9.91. The molecule has 10 heteroatoms. The number of unbranched alkanes of at least 4 members (excludes halogenated alkanes) is 1. The van der Waals surface area contributed by atoms with E-state index in [1.807, 2.05) is 27.7 Å². The van der Waals surface area contributed by atoms with Gasteiger partial charge in [-0.25, -0.2) is 13.1 Å². The van der Waals surface area contributed by atoms with E-state index in [1.165, 1.54) is 29.9 Å². The summed E-state index contributed by atoms with van der Waals surface area (Å²) < 4.78 is 55.9. The highest BCUT2D eigenvalue weighted by Crippen LogP contribution is 2.33. The molecule has 182 valence electrons. The number of allylic oxidation sites excluding steroid dienone is 2. The second kappa shape index (κ2) is 10.2. The van der Waals surface area contributed by atoms with Gasteiger partial charge in [-0.1, -0.05) is 18.9 Å². The Morgan fingerprint density at radius 2 is 1.70 bits per heavy atom. The van der Waals surface area contributed by atoms with Crippen LogP contribution in [-0.2, 0) is 26.5 Å². The first-order valence-electron chi connectivity index (χ1n) is 10.8. The number of rotatable bonds is 10. The second-order valence-corrected chi connectivity index (χ2v) is 12.1. The molecule has 1 heterocycles. The quantitative estimate of drug-likeness (QED) is 0.358. The van der Waals surface area contributed by atoms with Crippen molar-refractivity contribution in [2.24, 2.45) is 0 Å². The van der Waals surface area contributed by atoms with Crippen LogP contribution in [0.25, 0.3) is 5.57 Å². The molecule has 1 aromatic heterocycles. The molecule has 0 aliphatic carbocycles. The molecule has 1 aromatic carbocycles. The average molecular weight is 497 g/mol. The van der Waals surface area contributed by atoms with Gasteiger partial charge in [0.25, 0.3) is 0 Å². The van der Waals surface area contributed by atoms with Crippen LogP contribution in [0.15, 0.2) is 28.8 Å². The first-order valence-corrected chi connectivity index (χ1v) is 14.2. The summed E-state index contributed by atoms with van der Waals surface area (Å²) in [6, 6.07) is 2.87. The molecule has 0 bridgehead atoms. The number of benzene rings is 1. The van der Waals surface area contributed by atoms with Crippen LogP contribution in [0, 0.1) is 6.92 Å². The number of nitrogens with zero attached hydrogens (tertiary/aromatic N) is 2. The van der Waals surface area contributed by atoms with Crippen LogP contribution in [0.5, 0.6) is 5.88 Å². The molecule has 0 saturated carbocycles. The number of hydrogen-bond acceptors (Lipinski definition) is 7. The maximum absolute atomic E-state index is 13.6. The van der Waals surface area contributed by atoms with E-state index in [9.17, 15) is 21.6 Å². The van der Waals surface area contributed by atoms with Gasteiger partial charge in [-0.3, -0.25) is 4.79 Å². The van der Waals surface area contributed by atoms with Gasteiger partial charge in [0.05, 0.1) is 16.8 Å². The maximum atomic E-state index is 13.6. The summed E-state index contributed by atoms with van der Waals surface area (Å²) >= 11 is 0. The SMILES string of the molecule is CCCCn1ncc(C(=O)c2ccc(S(C)(=O)=O)c(C(C)=C(C)C)c2C)c1OS(=O)(=O)CC. The van der Waals surface area contributed by atoms with Crippen LogP contribution in [0.1, 0.15) is 74.5 Å². The number of aromatic nitrogens is 2. The molecular weight excluding hydrogens is 464 g/mol. The van der Waals surface area contributed by atoms with Crippen molar-refractivity contribution in [3.8, 4) is 5.88 Å². The van der Waals surface area contributed by atoms with E-state index in [0.29, 0.717) is 17.7 Å². The Kier molecular flexibility index (Phi) is 8.29. The zero-order valence-corrected chi connectivity index (χ0v) is 21.9. The van der Waals surface area contributed by atoms with E-state index in [-0.39, 0.29) is 27.7 Å². The minimum absolute atomic E-state index is 0.0131. The molecule has 0 aliphatic rings.